The zero-order chi connectivity index (χ0) is 12.6. The molecule has 0 unspecified atom stereocenters. The van der Waals surface area contributed by atoms with Crippen molar-refractivity contribution in [3.05, 3.63) is 47.0 Å². The van der Waals surface area contributed by atoms with Crippen LogP contribution in [0.4, 0.5) is 0 Å². The third-order valence-corrected chi connectivity index (χ3v) is 2.96. The Hall–Kier alpha value is -1.96. The van der Waals surface area contributed by atoms with Crippen LogP contribution in [-0.2, 0) is 0 Å². The standard InChI is InChI=1S/C15H16O2/c1-9-4-5-13(10(2)6-9)14-8-12(16)7-11(3)15(14)17/h4-8,16-17H,1-3H3. The zero-order valence-corrected chi connectivity index (χ0v) is 10.3. The predicted octanol–water partition coefficient (Wildman–Crippen LogP) is 3.69. The molecular formula is C15H16O2. The first-order valence-electron chi connectivity index (χ1n) is 5.59. The van der Waals surface area contributed by atoms with Crippen LogP contribution in [0.15, 0.2) is 30.3 Å². The van der Waals surface area contributed by atoms with E-state index in [1.54, 1.807) is 19.1 Å². The molecule has 0 aromatic heterocycles. The second kappa shape index (κ2) is 4.13. The summed E-state index contributed by atoms with van der Waals surface area (Å²) in [4.78, 5) is 0. The molecule has 0 spiro atoms. The fraction of sp³-hybridized carbons (Fsp3) is 0.200. The van der Waals surface area contributed by atoms with Crippen molar-refractivity contribution in [1.29, 1.82) is 0 Å². The second-order valence-electron chi connectivity index (χ2n) is 4.48. The quantitative estimate of drug-likeness (QED) is 0.731. The summed E-state index contributed by atoms with van der Waals surface area (Å²) in [6.45, 7) is 5.81. The van der Waals surface area contributed by atoms with E-state index in [1.165, 1.54) is 5.56 Å². The van der Waals surface area contributed by atoms with Gasteiger partial charge in [-0.25, -0.2) is 0 Å². The Balaban J connectivity index is 2.68. The van der Waals surface area contributed by atoms with E-state index < -0.39 is 0 Å². The number of aryl methyl sites for hydroxylation is 3. The Kier molecular flexibility index (Phi) is 2.80. The van der Waals surface area contributed by atoms with E-state index >= 15 is 0 Å². The largest absolute Gasteiger partial charge is 0.508 e. The van der Waals surface area contributed by atoms with E-state index in [4.69, 9.17) is 0 Å². The van der Waals surface area contributed by atoms with Gasteiger partial charge >= 0.3 is 0 Å². The van der Waals surface area contributed by atoms with Gasteiger partial charge in [-0.3, -0.25) is 0 Å². The number of phenolic OH excluding ortho intramolecular Hbond substituents is 2. The molecule has 0 aliphatic heterocycles. The summed E-state index contributed by atoms with van der Waals surface area (Å²) in [7, 11) is 0. The first kappa shape index (κ1) is 11.5. The van der Waals surface area contributed by atoms with E-state index in [0.717, 1.165) is 11.1 Å². The van der Waals surface area contributed by atoms with Gasteiger partial charge in [0.1, 0.15) is 11.5 Å². The summed E-state index contributed by atoms with van der Waals surface area (Å²) in [6.07, 6.45) is 0. The van der Waals surface area contributed by atoms with Crippen molar-refractivity contribution in [3.63, 3.8) is 0 Å². The van der Waals surface area contributed by atoms with Crippen molar-refractivity contribution in [2.24, 2.45) is 0 Å². The third-order valence-electron chi connectivity index (χ3n) is 2.96. The van der Waals surface area contributed by atoms with Crippen LogP contribution in [0.1, 0.15) is 16.7 Å². The van der Waals surface area contributed by atoms with Crippen molar-refractivity contribution in [1.82, 2.24) is 0 Å². The van der Waals surface area contributed by atoms with Crippen molar-refractivity contribution in [2.45, 2.75) is 20.8 Å². The first-order valence-corrected chi connectivity index (χ1v) is 5.59. The summed E-state index contributed by atoms with van der Waals surface area (Å²) >= 11 is 0. The first-order chi connectivity index (χ1) is 7.99. The fourth-order valence-electron chi connectivity index (χ4n) is 2.08. The molecule has 2 aromatic carbocycles. The molecule has 0 heterocycles. The van der Waals surface area contributed by atoms with Gasteiger partial charge in [-0.15, -0.1) is 0 Å². The van der Waals surface area contributed by atoms with Gasteiger partial charge in [0.2, 0.25) is 0 Å². The molecule has 0 atom stereocenters. The molecule has 0 saturated heterocycles. The topological polar surface area (TPSA) is 40.5 Å². The molecule has 0 fully saturated rings. The van der Waals surface area contributed by atoms with Gasteiger partial charge in [0.15, 0.2) is 0 Å². The lowest BCUT2D eigenvalue weighted by molar-refractivity contribution is 0.458. The van der Waals surface area contributed by atoms with Crippen LogP contribution in [-0.4, -0.2) is 10.2 Å². The molecule has 2 heteroatoms. The number of hydrogen-bond acceptors (Lipinski definition) is 2. The second-order valence-corrected chi connectivity index (χ2v) is 4.48. The Labute approximate surface area is 101 Å². The highest BCUT2D eigenvalue weighted by molar-refractivity contribution is 5.76. The van der Waals surface area contributed by atoms with Gasteiger partial charge in [0, 0.05) is 5.56 Å². The lowest BCUT2D eigenvalue weighted by Crippen LogP contribution is -1.87. The smallest absolute Gasteiger partial charge is 0.126 e. The van der Waals surface area contributed by atoms with E-state index in [1.807, 2.05) is 26.0 Å². The molecule has 88 valence electrons. The molecule has 0 saturated carbocycles. The average molecular weight is 228 g/mol. The lowest BCUT2D eigenvalue weighted by atomic mass is 9.96. The van der Waals surface area contributed by atoms with Crippen LogP contribution in [0.5, 0.6) is 11.5 Å². The Morgan fingerprint density at radius 1 is 0.765 bits per heavy atom. The SMILES string of the molecule is Cc1ccc(-c2cc(O)cc(C)c2O)c(C)c1. The van der Waals surface area contributed by atoms with E-state index in [9.17, 15) is 10.2 Å². The summed E-state index contributed by atoms with van der Waals surface area (Å²) in [5.41, 5.74) is 4.58. The summed E-state index contributed by atoms with van der Waals surface area (Å²) in [5, 5.41) is 19.7. The minimum absolute atomic E-state index is 0.176. The number of phenols is 2. The highest BCUT2D eigenvalue weighted by Gasteiger charge is 2.11. The van der Waals surface area contributed by atoms with E-state index in [0.29, 0.717) is 11.1 Å². The molecule has 2 nitrogen and oxygen atoms in total. The molecule has 2 N–H and O–H groups in total. The third kappa shape index (κ3) is 2.11. The number of hydrogen-bond donors (Lipinski definition) is 2. The van der Waals surface area contributed by atoms with E-state index in [-0.39, 0.29) is 11.5 Å². The van der Waals surface area contributed by atoms with Gasteiger partial charge in [0.05, 0.1) is 0 Å². The zero-order valence-electron chi connectivity index (χ0n) is 10.3. The molecule has 0 aliphatic carbocycles. The molecule has 0 aliphatic rings. The monoisotopic (exact) mass is 228 g/mol. The molecule has 0 amide bonds. The van der Waals surface area contributed by atoms with E-state index in [2.05, 4.69) is 6.07 Å². The van der Waals surface area contributed by atoms with Crippen molar-refractivity contribution < 1.29 is 10.2 Å². The van der Waals surface area contributed by atoms with Crippen molar-refractivity contribution in [2.75, 3.05) is 0 Å². The summed E-state index contributed by atoms with van der Waals surface area (Å²) in [5.74, 6) is 0.407. The molecule has 0 radical (unpaired) electrons. The molecule has 17 heavy (non-hydrogen) atoms. The average Bonchev–Trinajstić information content (AvgIpc) is 2.24. The lowest BCUT2D eigenvalue weighted by Gasteiger charge is -2.11. The molecule has 0 bridgehead atoms. The molecule has 2 rings (SSSR count). The van der Waals surface area contributed by atoms with Crippen LogP contribution in [0.2, 0.25) is 0 Å². The molecular weight excluding hydrogens is 212 g/mol. The maximum atomic E-state index is 10.1. The van der Waals surface area contributed by atoms with Crippen LogP contribution >= 0.6 is 0 Å². The Morgan fingerprint density at radius 2 is 1.47 bits per heavy atom. The molecule has 2 aromatic rings. The predicted molar refractivity (Wildman–Crippen MR) is 69.4 cm³/mol. The van der Waals surface area contributed by atoms with Crippen LogP contribution < -0.4 is 0 Å². The van der Waals surface area contributed by atoms with Gasteiger partial charge < -0.3 is 10.2 Å². The van der Waals surface area contributed by atoms with Gasteiger partial charge in [-0.1, -0.05) is 23.8 Å². The fourth-order valence-corrected chi connectivity index (χ4v) is 2.08. The maximum Gasteiger partial charge on any atom is 0.126 e. The van der Waals surface area contributed by atoms with Crippen LogP contribution in [0.3, 0.4) is 0 Å². The van der Waals surface area contributed by atoms with Gasteiger partial charge in [-0.05, 0) is 49.6 Å². The summed E-state index contributed by atoms with van der Waals surface area (Å²) < 4.78 is 0. The summed E-state index contributed by atoms with van der Waals surface area (Å²) in [6, 6.07) is 9.19. The van der Waals surface area contributed by atoms with Crippen LogP contribution in [0, 0.1) is 20.8 Å². The Morgan fingerprint density at radius 3 is 2.12 bits per heavy atom. The maximum absolute atomic E-state index is 10.1. The highest BCUT2D eigenvalue weighted by atomic mass is 16.3. The minimum atomic E-state index is 0.176. The van der Waals surface area contributed by atoms with Crippen molar-refractivity contribution >= 4 is 0 Å². The highest BCUT2D eigenvalue weighted by Crippen LogP contribution is 2.37. The Bertz CT molecular complexity index is 571. The van der Waals surface area contributed by atoms with Crippen molar-refractivity contribution in [3.8, 4) is 22.6 Å². The number of rotatable bonds is 1. The van der Waals surface area contributed by atoms with Gasteiger partial charge in [0.25, 0.3) is 0 Å². The number of benzene rings is 2. The van der Waals surface area contributed by atoms with Gasteiger partial charge in [-0.2, -0.15) is 0 Å². The number of aromatic hydroxyl groups is 2. The van der Waals surface area contributed by atoms with Crippen LogP contribution in [0.25, 0.3) is 11.1 Å². The minimum Gasteiger partial charge on any atom is -0.508 e. The normalized spacial score (nSPS) is 10.5.